The largest absolute Gasteiger partial charge is 0.494 e. The molecule has 0 fully saturated rings. The normalized spacial score (nSPS) is 9.27. The van der Waals surface area contributed by atoms with Gasteiger partial charge in [0, 0.05) is 6.20 Å². The summed E-state index contributed by atoms with van der Waals surface area (Å²) in [5.74, 6) is 0.528. The van der Waals surface area contributed by atoms with Crippen LogP contribution in [-0.4, -0.2) is 18.4 Å². The van der Waals surface area contributed by atoms with Crippen LogP contribution in [0.15, 0.2) is 12.4 Å². The molecule has 1 heterocycles. The van der Waals surface area contributed by atoms with Crippen molar-refractivity contribution < 1.29 is 9.53 Å². The van der Waals surface area contributed by atoms with Gasteiger partial charge in [-0.15, -0.1) is 0 Å². The third-order valence-corrected chi connectivity index (χ3v) is 1.49. The van der Waals surface area contributed by atoms with Gasteiger partial charge in [0.2, 0.25) is 0 Å². The topological polar surface area (TPSA) is 39.2 Å². The van der Waals surface area contributed by atoms with E-state index in [1.54, 1.807) is 6.20 Å². The molecule has 0 N–H and O–H groups in total. The van der Waals surface area contributed by atoms with E-state index in [0.717, 1.165) is 11.8 Å². The van der Waals surface area contributed by atoms with E-state index in [0.29, 0.717) is 11.3 Å². The van der Waals surface area contributed by atoms with Crippen LogP contribution in [0.2, 0.25) is 0 Å². The molecule has 0 saturated carbocycles. The van der Waals surface area contributed by atoms with Crippen molar-refractivity contribution >= 4 is 6.29 Å². The minimum absolute atomic E-state index is 0.528. The van der Waals surface area contributed by atoms with Crippen LogP contribution in [0, 0.1) is 6.92 Å². The van der Waals surface area contributed by atoms with Crippen LogP contribution in [0.1, 0.15) is 15.9 Å². The van der Waals surface area contributed by atoms with Crippen molar-refractivity contribution in [3.63, 3.8) is 0 Å². The maximum Gasteiger partial charge on any atom is 0.154 e. The zero-order chi connectivity index (χ0) is 8.27. The Bertz CT molecular complexity index is 271. The van der Waals surface area contributed by atoms with Gasteiger partial charge >= 0.3 is 0 Å². The number of carbonyl (C=O) groups excluding carboxylic acids is 1. The number of pyridine rings is 1. The number of rotatable bonds is 2. The van der Waals surface area contributed by atoms with Gasteiger partial charge in [0.1, 0.15) is 5.75 Å². The fraction of sp³-hybridized carbons (Fsp3) is 0.250. The Balaban J connectivity index is 3.24. The molecule has 0 unspecified atom stereocenters. The minimum atomic E-state index is 0.528. The second-order valence-corrected chi connectivity index (χ2v) is 2.19. The monoisotopic (exact) mass is 151 g/mol. The molecule has 0 aliphatic heterocycles. The highest BCUT2D eigenvalue weighted by Crippen LogP contribution is 2.16. The highest BCUT2D eigenvalue weighted by atomic mass is 16.5. The molecule has 0 aliphatic rings. The van der Waals surface area contributed by atoms with E-state index >= 15 is 0 Å². The molecule has 0 spiro atoms. The summed E-state index contributed by atoms with van der Waals surface area (Å²) in [5, 5.41) is 0. The van der Waals surface area contributed by atoms with Gasteiger partial charge in [0.05, 0.1) is 18.9 Å². The van der Waals surface area contributed by atoms with Crippen molar-refractivity contribution in [1.29, 1.82) is 0 Å². The molecule has 3 nitrogen and oxygen atoms in total. The van der Waals surface area contributed by atoms with E-state index in [1.165, 1.54) is 13.3 Å². The molecule has 1 aromatic heterocycles. The van der Waals surface area contributed by atoms with Gasteiger partial charge in [-0.05, 0) is 12.5 Å². The van der Waals surface area contributed by atoms with Gasteiger partial charge in [0.15, 0.2) is 6.29 Å². The molecule has 3 heteroatoms. The zero-order valence-corrected chi connectivity index (χ0v) is 6.50. The van der Waals surface area contributed by atoms with E-state index in [4.69, 9.17) is 4.74 Å². The Hall–Kier alpha value is -1.38. The first-order valence-corrected chi connectivity index (χ1v) is 3.23. The number of hydrogen-bond acceptors (Lipinski definition) is 3. The second-order valence-electron chi connectivity index (χ2n) is 2.19. The smallest absolute Gasteiger partial charge is 0.154 e. The van der Waals surface area contributed by atoms with Crippen molar-refractivity contribution in [3.05, 3.63) is 23.5 Å². The first kappa shape index (κ1) is 7.72. The summed E-state index contributed by atoms with van der Waals surface area (Å²) in [5.41, 5.74) is 1.40. The molecule has 0 amide bonds. The van der Waals surface area contributed by atoms with Crippen LogP contribution < -0.4 is 4.74 Å². The van der Waals surface area contributed by atoms with Crippen LogP contribution in [0.25, 0.3) is 0 Å². The molecule has 11 heavy (non-hydrogen) atoms. The lowest BCUT2D eigenvalue weighted by atomic mass is 10.2. The van der Waals surface area contributed by atoms with Crippen molar-refractivity contribution in [2.24, 2.45) is 0 Å². The lowest BCUT2D eigenvalue weighted by Crippen LogP contribution is -1.94. The summed E-state index contributed by atoms with van der Waals surface area (Å²) in [6.07, 6.45) is 3.93. The lowest BCUT2D eigenvalue weighted by molar-refractivity contribution is 0.112. The fourth-order valence-corrected chi connectivity index (χ4v) is 0.864. The summed E-state index contributed by atoms with van der Waals surface area (Å²) < 4.78 is 4.92. The molecule has 1 rings (SSSR count). The number of aryl methyl sites for hydroxylation is 1. The quantitative estimate of drug-likeness (QED) is 0.596. The van der Waals surface area contributed by atoms with Gasteiger partial charge < -0.3 is 4.74 Å². The fourth-order valence-electron chi connectivity index (χ4n) is 0.864. The lowest BCUT2D eigenvalue weighted by Gasteiger charge is -2.03. The predicted molar refractivity (Wildman–Crippen MR) is 40.9 cm³/mol. The first-order valence-electron chi connectivity index (χ1n) is 3.23. The van der Waals surface area contributed by atoms with E-state index < -0.39 is 0 Å². The molecular weight excluding hydrogens is 142 g/mol. The van der Waals surface area contributed by atoms with Crippen molar-refractivity contribution in [2.75, 3.05) is 7.11 Å². The van der Waals surface area contributed by atoms with Crippen LogP contribution in [-0.2, 0) is 0 Å². The predicted octanol–water partition coefficient (Wildman–Crippen LogP) is 1.21. The van der Waals surface area contributed by atoms with Crippen LogP contribution in [0.5, 0.6) is 5.75 Å². The van der Waals surface area contributed by atoms with Crippen molar-refractivity contribution in [2.45, 2.75) is 6.92 Å². The molecule has 0 bridgehead atoms. The van der Waals surface area contributed by atoms with Gasteiger partial charge in [-0.2, -0.15) is 0 Å². The number of hydrogen-bond donors (Lipinski definition) is 0. The number of ether oxygens (including phenoxy) is 1. The summed E-state index contributed by atoms with van der Waals surface area (Å²) in [6, 6.07) is 0. The van der Waals surface area contributed by atoms with Crippen LogP contribution in [0.4, 0.5) is 0 Å². The summed E-state index contributed by atoms with van der Waals surface area (Å²) in [6.45, 7) is 1.82. The standard InChI is InChI=1S/C8H9NO2/c1-6-3-9-4-8(11-2)7(6)5-10/h3-5H,1-2H3. The Kier molecular flexibility index (Phi) is 2.21. The molecule has 0 radical (unpaired) electrons. The van der Waals surface area contributed by atoms with E-state index in [9.17, 15) is 4.79 Å². The van der Waals surface area contributed by atoms with E-state index in [2.05, 4.69) is 4.98 Å². The SMILES string of the molecule is COc1cncc(C)c1C=O. The third kappa shape index (κ3) is 1.37. The zero-order valence-electron chi connectivity index (χ0n) is 6.50. The van der Waals surface area contributed by atoms with Gasteiger partial charge in [-0.3, -0.25) is 9.78 Å². The van der Waals surface area contributed by atoms with Crippen LogP contribution >= 0.6 is 0 Å². The minimum Gasteiger partial charge on any atom is -0.494 e. The Morgan fingerprint density at radius 1 is 1.55 bits per heavy atom. The maximum absolute atomic E-state index is 10.5. The number of aromatic nitrogens is 1. The Morgan fingerprint density at radius 2 is 2.27 bits per heavy atom. The number of aldehydes is 1. The summed E-state index contributed by atoms with van der Waals surface area (Å²) in [4.78, 5) is 14.4. The highest BCUT2D eigenvalue weighted by molar-refractivity contribution is 5.80. The third-order valence-electron chi connectivity index (χ3n) is 1.49. The average molecular weight is 151 g/mol. The molecule has 58 valence electrons. The Morgan fingerprint density at radius 3 is 2.73 bits per heavy atom. The molecular formula is C8H9NO2. The maximum atomic E-state index is 10.5. The molecule has 1 aromatic rings. The van der Waals surface area contributed by atoms with E-state index in [-0.39, 0.29) is 0 Å². The first-order chi connectivity index (χ1) is 5.29. The van der Waals surface area contributed by atoms with Gasteiger partial charge in [-0.25, -0.2) is 0 Å². The Labute approximate surface area is 65.0 Å². The average Bonchev–Trinajstić information content (AvgIpc) is 2.04. The molecule has 0 atom stereocenters. The molecule has 0 aromatic carbocycles. The van der Waals surface area contributed by atoms with Crippen LogP contribution in [0.3, 0.4) is 0 Å². The van der Waals surface area contributed by atoms with Crippen molar-refractivity contribution in [1.82, 2.24) is 4.98 Å². The van der Waals surface area contributed by atoms with Crippen molar-refractivity contribution in [3.8, 4) is 5.75 Å². The molecule has 0 aliphatic carbocycles. The number of methoxy groups -OCH3 is 1. The number of nitrogens with zero attached hydrogens (tertiary/aromatic N) is 1. The number of carbonyl (C=O) groups is 1. The highest BCUT2D eigenvalue weighted by Gasteiger charge is 2.03. The van der Waals surface area contributed by atoms with Gasteiger partial charge in [0.25, 0.3) is 0 Å². The summed E-state index contributed by atoms with van der Waals surface area (Å²) in [7, 11) is 1.52. The van der Waals surface area contributed by atoms with E-state index in [1.807, 2.05) is 6.92 Å². The summed E-state index contributed by atoms with van der Waals surface area (Å²) >= 11 is 0. The second kappa shape index (κ2) is 3.14. The molecule has 0 saturated heterocycles. The van der Waals surface area contributed by atoms with Gasteiger partial charge in [-0.1, -0.05) is 0 Å².